The first-order valence-corrected chi connectivity index (χ1v) is 9.48. The average molecular weight is 476 g/mol. The van der Waals surface area contributed by atoms with Gasteiger partial charge in [0.2, 0.25) is 0 Å². The molecule has 0 spiro atoms. The lowest BCUT2D eigenvalue weighted by molar-refractivity contribution is -0.125. The monoisotopic (exact) mass is 475 g/mol. The summed E-state index contributed by atoms with van der Waals surface area (Å²) in [6, 6.07) is 11.9. The van der Waals surface area contributed by atoms with E-state index in [1.54, 1.807) is 6.07 Å². The van der Waals surface area contributed by atoms with Crippen LogP contribution >= 0.6 is 15.9 Å². The van der Waals surface area contributed by atoms with Gasteiger partial charge in [0.25, 0.3) is 11.8 Å². The number of nitrogens with one attached hydrogen (secondary N) is 3. The number of hydrogen-bond donors (Lipinski definition) is 3. The molecule has 0 saturated carbocycles. The first-order valence-electron chi connectivity index (χ1n) is 8.69. The van der Waals surface area contributed by atoms with Crippen molar-refractivity contribution in [2.75, 3.05) is 20.8 Å². The summed E-state index contributed by atoms with van der Waals surface area (Å²) < 4.78 is 15.8. The highest BCUT2D eigenvalue weighted by atomic mass is 79.9. The predicted octanol–water partition coefficient (Wildman–Crippen LogP) is 2.57. The van der Waals surface area contributed by atoms with Crippen LogP contribution in [0, 0.1) is 0 Å². The number of rotatable bonds is 6. The van der Waals surface area contributed by atoms with Crippen molar-refractivity contribution in [3.8, 4) is 11.5 Å². The van der Waals surface area contributed by atoms with E-state index in [1.165, 1.54) is 26.4 Å². The van der Waals surface area contributed by atoms with Crippen LogP contribution in [-0.2, 0) is 9.53 Å². The van der Waals surface area contributed by atoms with Gasteiger partial charge in [-0.15, -0.1) is 0 Å². The summed E-state index contributed by atoms with van der Waals surface area (Å²) in [5.41, 5.74) is 5.61. The normalized spacial score (nSPS) is 10.4. The number of hydrazine groups is 1. The Morgan fingerprint density at radius 3 is 2.43 bits per heavy atom. The second-order valence-corrected chi connectivity index (χ2v) is 6.80. The molecular formula is C20H18BrN3O6. The molecule has 9 nitrogen and oxygen atoms in total. The van der Waals surface area contributed by atoms with E-state index >= 15 is 0 Å². The van der Waals surface area contributed by atoms with Crippen molar-refractivity contribution >= 4 is 44.6 Å². The molecule has 0 bridgehead atoms. The Morgan fingerprint density at radius 1 is 1.00 bits per heavy atom. The lowest BCUT2D eigenvalue weighted by Gasteiger charge is -2.11. The highest BCUT2D eigenvalue weighted by molar-refractivity contribution is 9.10. The molecule has 2 aromatic carbocycles. The number of ether oxygens (including phenoxy) is 3. The first-order chi connectivity index (χ1) is 14.4. The van der Waals surface area contributed by atoms with E-state index in [0.717, 1.165) is 10.9 Å². The Balaban J connectivity index is 1.54. The summed E-state index contributed by atoms with van der Waals surface area (Å²) in [7, 11) is 2.93. The molecule has 2 amide bonds. The Bertz CT molecular complexity index is 1110. The van der Waals surface area contributed by atoms with E-state index < -0.39 is 24.4 Å². The van der Waals surface area contributed by atoms with Crippen molar-refractivity contribution < 1.29 is 28.6 Å². The Hall–Kier alpha value is -3.53. The van der Waals surface area contributed by atoms with Crippen LogP contribution in [0.4, 0.5) is 0 Å². The number of amides is 2. The lowest BCUT2D eigenvalue weighted by Crippen LogP contribution is -2.43. The smallest absolute Gasteiger partial charge is 0.356 e. The number of aromatic nitrogens is 1. The van der Waals surface area contributed by atoms with E-state index in [9.17, 15) is 14.4 Å². The number of esters is 1. The van der Waals surface area contributed by atoms with Crippen molar-refractivity contribution in [1.82, 2.24) is 15.8 Å². The molecule has 0 unspecified atom stereocenters. The second-order valence-electron chi connectivity index (χ2n) is 6.01. The van der Waals surface area contributed by atoms with Gasteiger partial charge in [-0.2, -0.15) is 0 Å². The van der Waals surface area contributed by atoms with Crippen LogP contribution in [0.1, 0.15) is 20.8 Å². The molecule has 0 aliphatic heterocycles. The molecule has 0 saturated heterocycles. The molecule has 1 aromatic heterocycles. The third-order valence-corrected chi connectivity index (χ3v) is 4.97. The summed E-state index contributed by atoms with van der Waals surface area (Å²) in [4.78, 5) is 39.3. The molecule has 3 N–H and O–H groups in total. The molecule has 0 aliphatic carbocycles. The maximum Gasteiger partial charge on any atom is 0.356 e. The number of methoxy groups -OCH3 is 2. The quantitative estimate of drug-likeness (QED) is 0.372. The molecule has 1 heterocycles. The van der Waals surface area contributed by atoms with E-state index in [0.29, 0.717) is 16.0 Å². The van der Waals surface area contributed by atoms with Crippen molar-refractivity contribution in [1.29, 1.82) is 0 Å². The third-order valence-electron chi connectivity index (χ3n) is 4.14. The lowest BCUT2D eigenvalue weighted by atomic mass is 10.2. The van der Waals surface area contributed by atoms with Gasteiger partial charge in [-0.1, -0.05) is 18.2 Å². The number of benzene rings is 2. The largest absolute Gasteiger partial charge is 0.493 e. The van der Waals surface area contributed by atoms with Crippen LogP contribution in [0.15, 0.2) is 46.9 Å². The number of para-hydroxylation sites is 1. The minimum Gasteiger partial charge on any atom is -0.493 e. The molecule has 3 rings (SSSR count). The van der Waals surface area contributed by atoms with E-state index in [4.69, 9.17) is 14.2 Å². The van der Waals surface area contributed by atoms with Crippen molar-refractivity contribution in [2.45, 2.75) is 0 Å². The van der Waals surface area contributed by atoms with E-state index in [1.807, 2.05) is 24.3 Å². The fourth-order valence-corrected chi connectivity index (χ4v) is 3.27. The molecule has 156 valence electrons. The number of hydrogen-bond acceptors (Lipinski definition) is 6. The second kappa shape index (κ2) is 9.31. The molecule has 30 heavy (non-hydrogen) atoms. The van der Waals surface area contributed by atoms with E-state index in [-0.39, 0.29) is 11.3 Å². The Kier molecular flexibility index (Phi) is 6.58. The van der Waals surface area contributed by atoms with Gasteiger partial charge in [-0.05, 0) is 40.2 Å². The summed E-state index contributed by atoms with van der Waals surface area (Å²) in [5.74, 6) is -1.15. The van der Waals surface area contributed by atoms with Gasteiger partial charge in [0.15, 0.2) is 18.1 Å². The fourth-order valence-electron chi connectivity index (χ4n) is 2.66. The fraction of sp³-hybridized carbons (Fsp3) is 0.150. The summed E-state index contributed by atoms with van der Waals surface area (Å²) in [6.07, 6.45) is 0. The van der Waals surface area contributed by atoms with Crippen LogP contribution < -0.4 is 20.3 Å². The number of aromatic amines is 1. The molecule has 3 aromatic rings. The van der Waals surface area contributed by atoms with Gasteiger partial charge in [0, 0.05) is 16.5 Å². The first kappa shape index (κ1) is 21.2. The zero-order valence-electron chi connectivity index (χ0n) is 16.1. The molecule has 0 radical (unpaired) electrons. The maximum atomic E-state index is 12.3. The molecule has 10 heteroatoms. The molecule has 0 atom stereocenters. The van der Waals surface area contributed by atoms with Gasteiger partial charge in [-0.25, -0.2) is 4.79 Å². The van der Waals surface area contributed by atoms with E-state index in [2.05, 4.69) is 31.8 Å². The highest BCUT2D eigenvalue weighted by Gasteiger charge is 2.18. The maximum absolute atomic E-state index is 12.3. The van der Waals surface area contributed by atoms with Gasteiger partial charge < -0.3 is 19.2 Å². The number of carbonyl (C=O) groups excluding carboxylic acids is 3. The van der Waals surface area contributed by atoms with Crippen molar-refractivity contribution in [2.24, 2.45) is 0 Å². The predicted molar refractivity (Wildman–Crippen MR) is 111 cm³/mol. The zero-order chi connectivity index (χ0) is 21.7. The molecule has 0 aliphatic rings. The van der Waals surface area contributed by atoms with Gasteiger partial charge >= 0.3 is 5.97 Å². The van der Waals surface area contributed by atoms with Crippen LogP contribution in [0.25, 0.3) is 10.9 Å². The minimum atomic E-state index is -0.709. The summed E-state index contributed by atoms with van der Waals surface area (Å²) in [5, 5.41) is 0.816. The average Bonchev–Trinajstić information content (AvgIpc) is 3.12. The SMILES string of the molecule is COc1ccc(C(=O)NNC(=O)COC(=O)c2[nH]c3ccccc3c2Br)cc1OC. The Labute approximate surface area is 179 Å². The summed E-state index contributed by atoms with van der Waals surface area (Å²) >= 11 is 3.35. The van der Waals surface area contributed by atoms with Crippen molar-refractivity contribution in [3.05, 3.63) is 58.2 Å². The Morgan fingerprint density at radius 2 is 1.73 bits per heavy atom. The number of carbonyl (C=O) groups is 3. The molecular weight excluding hydrogens is 458 g/mol. The number of H-pyrrole nitrogens is 1. The zero-order valence-corrected chi connectivity index (χ0v) is 17.7. The number of fused-ring (bicyclic) bond motifs is 1. The van der Waals surface area contributed by atoms with Crippen LogP contribution in [0.5, 0.6) is 11.5 Å². The topological polar surface area (TPSA) is 119 Å². The van der Waals surface area contributed by atoms with Gasteiger partial charge in [0.1, 0.15) is 5.69 Å². The summed E-state index contributed by atoms with van der Waals surface area (Å²) in [6.45, 7) is -0.577. The number of halogens is 1. The van der Waals surface area contributed by atoms with Crippen LogP contribution in [0.2, 0.25) is 0 Å². The van der Waals surface area contributed by atoms with Gasteiger partial charge in [0.05, 0.1) is 18.7 Å². The highest BCUT2D eigenvalue weighted by Crippen LogP contribution is 2.28. The third kappa shape index (κ3) is 4.54. The van der Waals surface area contributed by atoms with Crippen molar-refractivity contribution in [3.63, 3.8) is 0 Å². The standard InChI is InChI=1S/C20H18BrN3O6/c1-28-14-8-7-11(9-15(14)29-2)19(26)24-23-16(25)10-30-20(27)18-17(21)12-5-3-4-6-13(12)22-18/h3-9,22H,10H2,1-2H3,(H,23,25)(H,24,26). The molecule has 0 fully saturated rings. The minimum absolute atomic E-state index is 0.193. The van der Waals surface area contributed by atoms with Crippen LogP contribution in [-0.4, -0.2) is 43.6 Å². The van der Waals surface area contributed by atoms with Gasteiger partial charge in [-0.3, -0.25) is 20.4 Å². The van der Waals surface area contributed by atoms with Crippen LogP contribution in [0.3, 0.4) is 0 Å².